The van der Waals surface area contributed by atoms with E-state index in [0.717, 1.165) is 23.0 Å². The third-order valence-electron chi connectivity index (χ3n) is 4.55. The monoisotopic (exact) mass is 350 g/mol. The predicted molar refractivity (Wildman–Crippen MR) is 98.6 cm³/mol. The molecule has 26 heavy (non-hydrogen) atoms. The number of carbonyl (C=O) groups excluding carboxylic acids is 1. The van der Waals surface area contributed by atoms with Gasteiger partial charge in [0.2, 0.25) is 0 Å². The largest absolute Gasteiger partial charge is 0.359 e. The fraction of sp³-hybridized carbons (Fsp3) is 0.0952. The summed E-state index contributed by atoms with van der Waals surface area (Å²) in [4.78, 5) is 15.7. The van der Waals surface area contributed by atoms with Crippen LogP contribution < -0.4 is 5.32 Å². The number of halogens is 2. The Morgan fingerprint density at radius 1 is 1.00 bits per heavy atom. The van der Waals surface area contributed by atoms with Crippen LogP contribution >= 0.6 is 0 Å². The highest BCUT2D eigenvalue weighted by Gasteiger charge is 2.28. The van der Waals surface area contributed by atoms with Crippen LogP contribution in [0.4, 0.5) is 14.5 Å². The second-order valence-corrected chi connectivity index (χ2v) is 6.39. The van der Waals surface area contributed by atoms with Crippen molar-refractivity contribution in [2.75, 3.05) is 5.32 Å². The number of rotatable bonds is 2. The molecule has 0 saturated carbocycles. The van der Waals surface area contributed by atoms with Gasteiger partial charge < -0.3 is 10.3 Å². The summed E-state index contributed by atoms with van der Waals surface area (Å²) >= 11 is 0. The molecule has 2 N–H and O–H groups in total. The molecule has 0 saturated heterocycles. The predicted octanol–water partition coefficient (Wildman–Crippen LogP) is 5.07. The maximum atomic E-state index is 14.4. The van der Waals surface area contributed by atoms with E-state index in [0.29, 0.717) is 22.4 Å². The van der Waals surface area contributed by atoms with Gasteiger partial charge in [0.1, 0.15) is 0 Å². The first-order chi connectivity index (χ1) is 12.5. The molecular formula is C21H16F2N2O. The van der Waals surface area contributed by atoms with E-state index in [1.165, 1.54) is 12.1 Å². The van der Waals surface area contributed by atoms with Crippen molar-refractivity contribution in [1.29, 1.82) is 0 Å². The Bertz CT molecular complexity index is 1080. The lowest BCUT2D eigenvalue weighted by atomic mass is 9.94. The number of hydrogen-bond donors (Lipinski definition) is 2. The van der Waals surface area contributed by atoms with Gasteiger partial charge in [0.05, 0.1) is 5.57 Å². The normalized spacial score (nSPS) is 14.6. The van der Waals surface area contributed by atoms with E-state index < -0.39 is 11.6 Å². The molecule has 3 aromatic rings. The highest BCUT2D eigenvalue weighted by atomic mass is 19.2. The van der Waals surface area contributed by atoms with Crippen molar-refractivity contribution in [1.82, 2.24) is 4.98 Å². The molecule has 4 rings (SSSR count). The third kappa shape index (κ3) is 2.52. The fourth-order valence-electron chi connectivity index (χ4n) is 3.37. The van der Waals surface area contributed by atoms with Gasteiger partial charge in [-0.1, -0.05) is 24.3 Å². The van der Waals surface area contributed by atoms with E-state index in [4.69, 9.17) is 0 Å². The van der Waals surface area contributed by atoms with Crippen LogP contribution in [0.5, 0.6) is 0 Å². The molecule has 5 heteroatoms. The van der Waals surface area contributed by atoms with Crippen molar-refractivity contribution in [3.05, 3.63) is 76.6 Å². The topological polar surface area (TPSA) is 44.9 Å². The number of fused-ring (bicyclic) bond motifs is 1. The number of nitrogens with one attached hydrogen (secondary N) is 2. The molecule has 130 valence electrons. The molecule has 2 aromatic carbocycles. The minimum Gasteiger partial charge on any atom is -0.359 e. The molecular weight excluding hydrogens is 334 g/mol. The molecule has 1 aliphatic rings. The van der Waals surface area contributed by atoms with Gasteiger partial charge >= 0.3 is 0 Å². The first-order valence-electron chi connectivity index (χ1n) is 8.22. The van der Waals surface area contributed by atoms with Crippen LogP contribution in [0.15, 0.2) is 42.5 Å². The van der Waals surface area contributed by atoms with Crippen LogP contribution in [-0.4, -0.2) is 10.9 Å². The van der Waals surface area contributed by atoms with E-state index in [9.17, 15) is 13.6 Å². The van der Waals surface area contributed by atoms with Crippen molar-refractivity contribution in [3.8, 4) is 11.1 Å². The van der Waals surface area contributed by atoms with Crippen LogP contribution in [0.25, 0.3) is 22.8 Å². The molecule has 0 aliphatic carbocycles. The number of anilines is 1. The van der Waals surface area contributed by atoms with Crippen molar-refractivity contribution in [2.45, 2.75) is 13.8 Å². The molecule has 2 heterocycles. The Morgan fingerprint density at radius 2 is 1.73 bits per heavy atom. The van der Waals surface area contributed by atoms with Gasteiger partial charge in [0, 0.05) is 28.2 Å². The number of benzene rings is 2. The number of carbonyl (C=O) groups is 1. The number of H-pyrrole nitrogens is 1. The van der Waals surface area contributed by atoms with Gasteiger partial charge in [0.15, 0.2) is 11.6 Å². The lowest BCUT2D eigenvalue weighted by Crippen LogP contribution is -2.03. The molecule has 0 bridgehead atoms. The van der Waals surface area contributed by atoms with E-state index in [-0.39, 0.29) is 11.5 Å². The molecule has 1 amide bonds. The summed E-state index contributed by atoms with van der Waals surface area (Å²) in [6.45, 7) is 3.88. The third-order valence-corrected chi connectivity index (χ3v) is 4.55. The minimum absolute atomic E-state index is 0.128. The van der Waals surface area contributed by atoms with E-state index in [2.05, 4.69) is 10.3 Å². The summed E-state index contributed by atoms with van der Waals surface area (Å²) < 4.78 is 28.1. The zero-order valence-electron chi connectivity index (χ0n) is 14.3. The molecule has 0 unspecified atom stereocenters. The first kappa shape index (κ1) is 16.3. The fourth-order valence-corrected chi connectivity index (χ4v) is 3.37. The number of aromatic amines is 1. The van der Waals surface area contributed by atoms with E-state index in [1.54, 1.807) is 24.3 Å². The zero-order chi connectivity index (χ0) is 18.4. The van der Waals surface area contributed by atoms with E-state index in [1.807, 2.05) is 19.9 Å². The van der Waals surface area contributed by atoms with Crippen LogP contribution in [0.3, 0.4) is 0 Å². The second-order valence-electron chi connectivity index (χ2n) is 6.39. The number of aryl methyl sites for hydroxylation is 2. The van der Waals surface area contributed by atoms with Crippen molar-refractivity contribution >= 4 is 23.2 Å². The Labute approximate surface area is 149 Å². The summed E-state index contributed by atoms with van der Waals surface area (Å²) in [5.41, 5.74) is 4.99. The van der Waals surface area contributed by atoms with Crippen molar-refractivity contribution in [3.63, 3.8) is 0 Å². The number of aromatic nitrogens is 1. The van der Waals surface area contributed by atoms with Crippen LogP contribution in [0.2, 0.25) is 0 Å². The average molecular weight is 350 g/mol. The SMILES string of the molecule is Cc1cc(C)c(/C=C2\C(=O)Nc3cccc(-c4cccc(F)c4F)c32)[nH]1. The number of hydrogen-bond acceptors (Lipinski definition) is 1. The maximum absolute atomic E-state index is 14.4. The Balaban J connectivity index is 1.95. The summed E-state index contributed by atoms with van der Waals surface area (Å²) in [7, 11) is 0. The maximum Gasteiger partial charge on any atom is 0.256 e. The highest BCUT2D eigenvalue weighted by molar-refractivity contribution is 6.36. The van der Waals surface area contributed by atoms with Gasteiger partial charge in [-0.2, -0.15) is 0 Å². The zero-order valence-corrected chi connectivity index (χ0v) is 14.3. The summed E-state index contributed by atoms with van der Waals surface area (Å²) in [5.74, 6) is -2.11. The van der Waals surface area contributed by atoms with Crippen LogP contribution in [-0.2, 0) is 4.79 Å². The first-order valence-corrected chi connectivity index (χ1v) is 8.22. The minimum atomic E-state index is -0.925. The second kappa shape index (κ2) is 5.95. The van der Waals surface area contributed by atoms with Gasteiger partial charge in [0.25, 0.3) is 5.91 Å². The molecule has 0 spiro atoms. The Morgan fingerprint density at radius 3 is 2.46 bits per heavy atom. The van der Waals surface area contributed by atoms with Crippen LogP contribution in [0.1, 0.15) is 22.5 Å². The molecule has 1 aromatic heterocycles. The van der Waals surface area contributed by atoms with Gasteiger partial charge in [-0.05, 0) is 49.2 Å². The van der Waals surface area contributed by atoms with Gasteiger partial charge in [-0.25, -0.2) is 8.78 Å². The Kier molecular flexibility index (Phi) is 3.72. The lowest BCUT2D eigenvalue weighted by Gasteiger charge is -2.10. The molecule has 0 fully saturated rings. The Hall–Kier alpha value is -3.21. The summed E-state index contributed by atoms with van der Waals surface area (Å²) in [6, 6.07) is 11.2. The smallest absolute Gasteiger partial charge is 0.256 e. The number of amides is 1. The highest BCUT2D eigenvalue weighted by Crippen LogP contribution is 2.41. The lowest BCUT2D eigenvalue weighted by molar-refractivity contribution is -0.110. The van der Waals surface area contributed by atoms with Crippen molar-refractivity contribution in [2.24, 2.45) is 0 Å². The summed E-state index contributed by atoms with van der Waals surface area (Å²) in [6.07, 6.45) is 1.75. The average Bonchev–Trinajstić information content (AvgIpc) is 3.09. The van der Waals surface area contributed by atoms with Crippen molar-refractivity contribution < 1.29 is 13.6 Å². The van der Waals surface area contributed by atoms with Gasteiger partial charge in [-0.15, -0.1) is 0 Å². The van der Waals surface area contributed by atoms with E-state index >= 15 is 0 Å². The molecule has 0 atom stereocenters. The van der Waals surface area contributed by atoms with Gasteiger partial charge in [-0.3, -0.25) is 4.79 Å². The quantitative estimate of drug-likeness (QED) is 0.623. The molecule has 3 nitrogen and oxygen atoms in total. The standard InChI is InChI=1S/C21H16F2N2O/c1-11-9-12(2)24-18(11)10-15-19-13(5-4-8-17(19)25-21(15)26)14-6-3-7-16(22)20(14)23/h3-10,24H,1-2H3,(H,25,26)/b15-10-. The molecule has 1 aliphatic heterocycles. The van der Waals surface area contributed by atoms with Crippen LogP contribution in [0, 0.1) is 25.5 Å². The molecule has 0 radical (unpaired) electrons. The summed E-state index contributed by atoms with van der Waals surface area (Å²) in [5, 5.41) is 2.80.